The van der Waals surface area contributed by atoms with E-state index in [1.54, 1.807) is 18.7 Å². The van der Waals surface area contributed by atoms with Gasteiger partial charge in [-0.3, -0.25) is 4.79 Å². The van der Waals surface area contributed by atoms with E-state index >= 15 is 0 Å². The van der Waals surface area contributed by atoms with Crippen molar-refractivity contribution >= 4 is 15.9 Å². The Morgan fingerprint density at radius 3 is 2.23 bits per heavy atom. The molecule has 0 atom stereocenters. The summed E-state index contributed by atoms with van der Waals surface area (Å²) >= 11 is 0. The smallest absolute Gasteiger partial charge is 0.248 e. The van der Waals surface area contributed by atoms with Crippen LogP contribution in [0.4, 0.5) is 0 Å². The van der Waals surface area contributed by atoms with Gasteiger partial charge in [-0.25, -0.2) is 8.42 Å². The Kier molecular flexibility index (Phi) is 7.64. The minimum Gasteiger partial charge on any atom is -0.360 e. The number of sulfonamides is 1. The lowest BCUT2D eigenvalue weighted by Gasteiger charge is -2.34. The van der Waals surface area contributed by atoms with Crippen LogP contribution in [0.1, 0.15) is 63.3 Å². The van der Waals surface area contributed by atoms with Crippen molar-refractivity contribution in [2.24, 2.45) is 0 Å². The van der Waals surface area contributed by atoms with Gasteiger partial charge in [0, 0.05) is 32.6 Å². The molecule has 0 N–H and O–H groups in total. The summed E-state index contributed by atoms with van der Waals surface area (Å²) in [6, 6.07) is 0. The summed E-state index contributed by atoms with van der Waals surface area (Å²) in [5.41, 5.74) is 0.379. The van der Waals surface area contributed by atoms with Crippen molar-refractivity contribution in [2.45, 2.75) is 70.6 Å². The maximum absolute atomic E-state index is 12.8. The largest absolute Gasteiger partial charge is 0.360 e. The van der Waals surface area contributed by atoms with Crippen molar-refractivity contribution in [3.05, 3.63) is 11.5 Å². The third-order valence-corrected chi connectivity index (χ3v) is 7.05. The van der Waals surface area contributed by atoms with E-state index in [4.69, 9.17) is 4.52 Å². The van der Waals surface area contributed by atoms with Crippen molar-refractivity contribution in [1.82, 2.24) is 14.4 Å². The highest BCUT2D eigenvalue weighted by atomic mass is 32.2. The molecule has 0 spiro atoms. The monoisotopic (exact) mass is 385 g/mol. The summed E-state index contributed by atoms with van der Waals surface area (Å²) in [7, 11) is -3.62. The fourth-order valence-electron chi connectivity index (χ4n) is 3.36. The molecule has 1 aromatic heterocycles. The van der Waals surface area contributed by atoms with E-state index < -0.39 is 10.0 Å². The normalized spacial score (nSPS) is 16.2. The molecule has 1 aliphatic heterocycles. The lowest BCUT2D eigenvalue weighted by atomic mass is 10.1. The Morgan fingerprint density at radius 1 is 1.04 bits per heavy atom. The zero-order valence-electron chi connectivity index (χ0n) is 16.2. The molecule has 26 heavy (non-hydrogen) atoms. The Labute approximate surface area is 156 Å². The average Bonchev–Trinajstić information content (AvgIpc) is 2.97. The van der Waals surface area contributed by atoms with Crippen LogP contribution in [-0.4, -0.2) is 54.9 Å². The Morgan fingerprint density at radius 2 is 1.65 bits per heavy atom. The quantitative estimate of drug-likeness (QED) is 0.610. The van der Waals surface area contributed by atoms with Crippen LogP contribution in [0, 0.1) is 13.8 Å². The molecule has 1 saturated heterocycles. The molecule has 8 heteroatoms. The molecule has 1 fully saturated rings. The Bertz CT molecular complexity index is 672. The SMILES string of the molecule is CCCCCCCCC(=O)N1CCN(S(=O)(=O)c2c(C)noc2C)CC1. The molecule has 1 aliphatic rings. The standard InChI is InChI=1S/C18H31N3O4S/c1-4-5-6-7-8-9-10-17(22)20-11-13-21(14-12-20)26(23,24)18-15(2)19-25-16(18)3/h4-14H2,1-3H3. The molecule has 0 aliphatic carbocycles. The van der Waals surface area contributed by atoms with Gasteiger partial charge in [-0.1, -0.05) is 44.2 Å². The first-order valence-corrected chi connectivity index (χ1v) is 11.0. The molecular weight excluding hydrogens is 354 g/mol. The molecule has 0 radical (unpaired) electrons. The van der Waals surface area contributed by atoms with E-state index in [-0.39, 0.29) is 10.8 Å². The Hall–Kier alpha value is -1.41. The molecule has 2 rings (SSSR count). The van der Waals surface area contributed by atoms with Crippen LogP contribution in [0.25, 0.3) is 0 Å². The molecule has 7 nitrogen and oxygen atoms in total. The van der Waals surface area contributed by atoms with E-state index in [2.05, 4.69) is 12.1 Å². The minimum atomic E-state index is -3.62. The first kappa shape index (κ1) is 20.9. The topological polar surface area (TPSA) is 83.7 Å². The van der Waals surface area contributed by atoms with Crippen LogP contribution in [0.15, 0.2) is 9.42 Å². The first-order valence-electron chi connectivity index (χ1n) is 9.58. The molecular formula is C18H31N3O4S. The number of aryl methyl sites for hydroxylation is 2. The van der Waals surface area contributed by atoms with Crippen molar-refractivity contribution in [1.29, 1.82) is 0 Å². The van der Waals surface area contributed by atoms with Gasteiger partial charge in [-0.15, -0.1) is 0 Å². The molecule has 1 amide bonds. The number of unbranched alkanes of at least 4 members (excludes halogenated alkanes) is 5. The van der Waals surface area contributed by atoms with E-state index in [9.17, 15) is 13.2 Å². The fraction of sp³-hybridized carbons (Fsp3) is 0.778. The van der Waals surface area contributed by atoms with E-state index in [1.165, 1.54) is 30.0 Å². The molecule has 0 aromatic carbocycles. The lowest BCUT2D eigenvalue weighted by Crippen LogP contribution is -2.50. The highest BCUT2D eigenvalue weighted by Crippen LogP contribution is 2.24. The summed E-state index contributed by atoms with van der Waals surface area (Å²) in [4.78, 5) is 14.3. The predicted octanol–water partition coefficient (Wildman–Crippen LogP) is 2.87. The maximum Gasteiger partial charge on any atom is 0.248 e. The Balaban J connectivity index is 1.80. The summed E-state index contributed by atoms with van der Waals surface area (Å²) in [5, 5.41) is 3.74. The average molecular weight is 386 g/mol. The van der Waals surface area contributed by atoms with E-state index in [0.29, 0.717) is 44.1 Å². The summed E-state index contributed by atoms with van der Waals surface area (Å²) in [5.74, 6) is 0.443. The summed E-state index contributed by atoms with van der Waals surface area (Å²) in [6.07, 6.45) is 7.47. The second-order valence-corrected chi connectivity index (χ2v) is 8.83. The second-order valence-electron chi connectivity index (χ2n) is 6.96. The van der Waals surface area contributed by atoms with Crippen molar-refractivity contribution in [3.8, 4) is 0 Å². The maximum atomic E-state index is 12.8. The van der Waals surface area contributed by atoms with Gasteiger partial charge in [0.05, 0.1) is 0 Å². The van der Waals surface area contributed by atoms with E-state index in [1.807, 2.05) is 0 Å². The lowest BCUT2D eigenvalue weighted by molar-refractivity contribution is -0.132. The van der Waals surface area contributed by atoms with Gasteiger partial charge in [-0.2, -0.15) is 4.31 Å². The van der Waals surface area contributed by atoms with Crippen LogP contribution >= 0.6 is 0 Å². The van der Waals surface area contributed by atoms with Gasteiger partial charge in [-0.05, 0) is 20.3 Å². The van der Waals surface area contributed by atoms with Gasteiger partial charge in [0.2, 0.25) is 15.9 Å². The van der Waals surface area contributed by atoms with Crippen molar-refractivity contribution in [3.63, 3.8) is 0 Å². The van der Waals surface area contributed by atoms with E-state index in [0.717, 1.165) is 12.8 Å². The molecule has 148 valence electrons. The van der Waals surface area contributed by atoms with Crippen LogP contribution in [-0.2, 0) is 14.8 Å². The summed E-state index contributed by atoms with van der Waals surface area (Å²) in [6.45, 7) is 6.93. The molecule has 1 aromatic rings. The van der Waals surface area contributed by atoms with Crippen molar-refractivity contribution in [2.75, 3.05) is 26.2 Å². The number of carbonyl (C=O) groups excluding carboxylic acids is 1. The van der Waals surface area contributed by atoms with Crippen LogP contribution in [0.3, 0.4) is 0 Å². The van der Waals surface area contributed by atoms with Gasteiger partial charge in [0.1, 0.15) is 10.6 Å². The number of aromatic nitrogens is 1. The number of hydrogen-bond donors (Lipinski definition) is 0. The molecule has 2 heterocycles. The number of rotatable bonds is 9. The number of amides is 1. The number of nitrogens with zero attached hydrogens (tertiary/aromatic N) is 3. The van der Waals surface area contributed by atoms with Crippen molar-refractivity contribution < 1.29 is 17.7 Å². The number of piperazine rings is 1. The molecule has 0 bridgehead atoms. The van der Waals surface area contributed by atoms with Crippen LogP contribution in [0.5, 0.6) is 0 Å². The second kappa shape index (κ2) is 9.50. The van der Waals surface area contributed by atoms with Gasteiger partial charge >= 0.3 is 0 Å². The third kappa shape index (κ3) is 5.07. The van der Waals surface area contributed by atoms with Gasteiger partial charge in [0.15, 0.2) is 5.76 Å². The number of hydrogen-bond acceptors (Lipinski definition) is 5. The fourth-order valence-corrected chi connectivity index (χ4v) is 5.08. The highest BCUT2D eigenvalue weighted by Gasteiger charge is 2.34. The molecule has 0 unspecified atom stereocenters. The zero-order valence-corrected chi connectivity index (χ0v) is 17.0. The zero-order chi connectivity index (χ0) is 19.2. The third-order valence-electron chi connectivity index (χ3n) is 4.90. The van der Waals surface area contributed by atoms with Crippen LogP contribution in [0.2, 0.25) is 0 Å². The van der Waals surface area contributed by atoms with Crippen LogP contribution < -0.4 is 0 Å². The predicted molar refractivity (Wildman–Crippen MR) is 99.3 cm³/mol. The number of carbonyl (C=O) groups is 1. The van der Waals surface area contributed by atoms with Gasteiger partial charge in [0.25, 0.3) is 0 Å². The molecule has 0 saturated carbocycles. The summed E-state index contributed by atoms with van der Waals surface area (Å²) < 4.78 is 32.0. The minimum absolute atomic E-state index is 0.134. The first-order chi connectivity index (χ1) is 12.4. The van der Waals surface area contributed by atoms with Gasteiger partial charge < -0.3 is 9.42 Å². The highest BCUT2D eigenvalue weighted by molar-refractivity contribution is 7.89.